The summed E-state index contributed by atoms with van der Waals surface area (Å²) in [5, 5.41) is 2.52. The van der Waals surface area contributed by atoms with E-state index in [4.69, 9.17) is 4.74 Å². The average molecular weight is 358 g/mol. The molecule has 1 saturated heterocycles. The molecule has 0 aromatic heterocycles. The zero-order valence-corrected chi connectivity index (χ0v) is 14.1. The van der Waals surface area contributed by atoms with Crippen LogP contribution < -0.4 is 5.32 Å². The first-order valence-electron chi connectivity index (χ1n) is 8.02. The Morgan fingerprint density at radius 2 is 1.92 bits per heavy atom. The number of nitrogens with one attached hydrogen (secondary N) is 1. The molecule has 1 aliphatic rings. The predicted octanol–water partition coefficient (Wildman–Crippen LogP) is 2.92. The van der Waals surface area contributed by atoms with Crippen LogP contribution >= 0.6 is 0 Å². The molecule has 0 saturated carbocycles. The normalized spacial score (nSPS) is 17.8. The zero-order chi connectivity index (χ0) is 18.6. The number of carbonyl (C=O) groups excluding carboxylic acids is 2. The van der Waals surface area contributed by atoms with Gasteiger partial charge in [0.1, 0.15) is 0 Å². The molecule has 25 heavy (non-hydrogen) atoms. The molecular weight excluding hydrogens is 337 g/mol. The topological polar surface area (TPSA) is 58.6 Å². The zero-order valence-electron chi connectivity index (χ0n) is 14.1. The molecule has 1 aromatic rings. The van der Waals surface area contributed by atoms with E-state index in [0.717, 1.165) is 12.1 Å². The van der Waals surface area contributed by atoms with E-state index in [9.17, 15) is 22.8 Å². The van der Waals surface area contributed by atoms with Crippen molar-refractivity contribution in [3.8, 4) is 0 Å². The molecule has 1 aromatic carbocycles. The van der Waals surface area contributed by atoms with Gasteiger partial charge in [-0.2, -0.15) is 13.2 Å². The Hall–Kier alpha value is -2.09. The highest BCUT2D eigenvalue weighted by Gasteiger charge is 2.32. The van der Waals surface area contributed by atoms with Crippen LogP contribution in [0.2, 0.25) is 0 Å². The van der Waals surface area contributed by atoms with E-state index < -0.39 is 17.8 Å². The molecule has 1 fully saturated rings. The minimum Gasteiger partial charge on any atom is -0.469 e. The average Bonchev–Trinajstić information content (AvgIpc) is 2.60. The fourth-order valence-electron chi connectivity index (χ4n) is 2.87. The predicted molar refractivity (Wildman–Crippen MR) is 85.8 cm³/mol. The number of anilines is 1. The number of rotatable bonds is 4. The van der Waals surface area contributed by atoms with Gasteiger partial charge in [-0.05, 0) is 51.1 Å². The number of esters is 1. The Kier molecular flexibility index (Phi) is 6.05. The molecule has 0 aliphatic carbocycles. The molecule has 1 amide bonds. The van der Waals surface area contributed by atoms with E-state index in [1.165, 1.54) is 19.2 Å². The van der Waals surface area contributed by atoms with Gasteiger partial charge < -0.3 is 10.1 Å². The van der Waals surface area contributed by atoms with E-state index >= 15 is 0 Å². The minimum absolute atomic E-state index is 0.108. The molecule has 1 atom stereocenters. The first-order valence-corrected chi connectivity index (χ1v) is 8.02. The first kappa shape index (κ1) is 19.2. The molecule has 5 nitrogen and oxygen atoms in total. The summed E-state index contributed by atoms with van der Waals surface area (Å²) in [6, 6.07) is 4.03. The molecule has 8 heteroatoms. The van der Waals surface area contributed by atoms with Crippen LogP contribution in [0.4, 0.5) is 18.9 Å². The highest BCUT2D eigenvalue weighted by Crippen LogP contribution is 2.30. The largest absolute Gasteiger partial charge is 0.469 e. The van der Waals surface area contributed by atoms with Gasteiger partial charge in [-0.1, -0.05) is 6.07 Å². The fraction of sp³-hybridized carbons (Fsp3) is 0.529. The lowest BCUT2D eigenvalue weighted by Crippen LogP contribution is -2.47. The molecule has 0 spiro atoms. The number of amides is 1. The molecule has 0 bridgehead atoms. The van der Waals surface area contributed by atoms with Crippen molar-refractivity contribution in [2.24, 2.45) is 5.92 Å². The summed E-state index contributed by atoms with van der Waals surface area (Å²) in [5.74, 6) is -0.795. The number of carbonyl (C=O) groups is 2. The first-order chi connectivity index (χ1) is 11.7. The van der Waals surface area contributed by atoms with Gasteiger partial charge in [0, 0.05) is 5.69 Å². The van der Waals surface area contributed by atoms with Crippen LogP contribution in [0.3, 0.4) is 0 Å². The van der Waals surface area contributed by atoms with Crippen molar-refractivity contribution in [3.05, 3.63) is 29.8 Å². The van der Waals surface area contributed by atoms with Crippen LogP contribution in [0.25, 0.3) is 0 Å². The number of likely N-dealkylation sites (tertiary alicyclic amines) is 1. The van der Waals surface area contributed by atoms with Crippen molar-refractivity contribution >= 4 is 17.6 Å². The third-order valence-corrected chi connectivity index (χ3v) is 4.45. The van der Waals surface area contributed by atoms with Gasteiger partial charge in [-0.3, -0.25) is 14.5 Å². The summed E-state index contributed by atoms with van der Waals surface area (Å²) in [7, 11) is 1.35. The van der Waals surface area contributed by atoms with Gasteiger partial charge in [0.15, 0.2) is 0 Å². The van der Waals surface area contributed by atoms with Crippen LogP contribution in [-0.4, -0.2) is 43.0 Å². The standard InChI is InChI=1S/C17H21F3N2O3/c1-11(22-8-6-12(7-9-22)16(24)25-2)15(23)21-14-5-3-4-13(10-14)17(18,19)20/h3-5,10-12H,6-9H2,1-2H3,(H,21,23)/t11-/m0/s1. The Morgan fingerprint density at radius 1 is 1.28 bits per heavy atom. The van der Waals surface area contributed by atoms with Crippen LogP contribution in [0.5, 0.6) is 0 Å². The van der Waals surface area contributed by atoms with E-state index in [0.29, 0.717) is 25.9 Å². The van der Waals surface area contributed by atoms with Crippen molar-refractivity contribution in [3.63, 3.8) is 0 Å². The van der Waals surface area contributed by atoms with Gasteiger partial charge in [0.05, 0.1) is 24.6 Å². The Bertz CT molecular complexity index is 626. The minimum atomic E-state index is -4.46. The summed E-state index contributed by atoms with van der Waals surface area (Å²) < 4.78 is 42.9. The molecule has 1 heterocycles. The van der Waals surface area contributed by atoms with Crippen LogP contribution in [-0.2, 0) is 20.5 Å². The van der Waals surface area contributed by atoms with E-state index in [1.54, 1.807) is 6.92 Å². The van der Waals surface area contributed by atoms with Gasteiger partial charge in [-0.15, -0.1) is 0 Å². The molecular formula is C17H21F3N2O3. The maximum atomic E-state index is 12.7. The second-order valence-electron chi connectivity index (χ2n) is 6.08. The smallest absolute Gasteiger partial charge is 0.416 e. The molecule has 1 N–H and O–H groups in total. The summed E-state index contributed by atoms with van der Waals surface area (Å²) in [6.07, 6.45) is -3.27. The lowest BCUT2D eigenvalue weighted by Gasteiger charge is -2.34. The van der Waals surface area contributed by atoms with Crippen LogP contribution in [0.1, 0.15) is 25.3 Å². The number of piperidine rings is 1. The Balaban J connectivity index is 1.94. The summed E-state index contributed by atoms with van der Waals surface area (Å²) in [6.45, 7) is 2.80. The molecule has 0 unspecified atom stereocenters. The summed E-state index contributed by atoms with van der Waals surface area (Å²) >= 11 is 0. The quantitative estimate of drug-likeness (QED) is 0.841. The number of halogens is 3. The maximum absolute atomic E-state index is 12.7. The highest BCUT2D eigenvalue weighted by molar-refractivity contribution is 5.94. The number of hydrogen-bond acceptors (Lipinski definition) is 4. The van der Waals surface area contributed by atoms with Crippen molar-refractivity contribution in [2.45, 2.75) is 32.0 Å². The summed E-state index contributed by atoms with van der Waals surface area (Å²) in [4.78, 5) is 25.7. The third kappa shape index (κ3) is 4.94. The number of ether oxygens (including phenoxy) is 1. The lowest BCUT2D eigenvalue weighted by molar-refractivity contribution is -0.147. The van der Waals surface area contributed by atoms with Gasteiger partial charge in [0.2, 0.25) is 5.91 Å². The number of benzene rings is 1. The second kappa shape index (κ2) is 7.86. The van der Waals surface area contributed by atoms with Gasteiger partial charge in [-0.25, -0.2) is 0 Å². The Labute approximate surface area is 144 Å². The SMILES string of the molecule is COC(=O)C1CCN([C@@H](C)C(=O)Nc2cccc(C(F)(F)F)c2)CC1. The van der Waals surface area contributed by atoms with Crippen LogP contribution in [0.15, 0.2) is 24.3 Å². The van der Waals surface area contributed by atoms with Crippen LogP contribution in [0, 0.1) is 5.92 Å². The molecule has 138 valence electrons. The van der Waals surface area contributed by atoms with Crippen molar-refractivity contribution in [1.82, 2.24) is 4.90 Å². The van der Waals surface area contributed by atoms with Gasteiger partial charge >= 0.3 is 12.1 Å². The number of nitrogens with zero attached hydrogens (tertiary/aromatic N) is 1. The van der Waals surface area contributed by atoms with Crippen molar-refractivity contribution in [2.75, 3.05) is 25.5 Å². The van der Waals surface area contributed by atoms with Crippen molar-refractivity contribution in [1.29, 1.82) is 0 Å². The summed E-state index contributed by atoms with van der Waals surface area (Å²) in [5.41, 5.74) is -0.701. The maximum Gasteiger partial charge on any atom is 0.416 e. The molecule has 0 radical (unpaired) electrons. The molecule has 2 rings (SSSR count). The van der Waals surface area contributed by atoms with E-state index in [-0.39, 0.29) is 23.5 Å². The van der Waals surface area contributed by atoms with Crippen molar-refractivity contribution < 1.29 is 27.5 Å². The lowest BCUT2D eigenvalue weighted by atomic mass is 9.96. The fourth-order valence-corrected chi connectivity index (χ4v) is 2.87. The number of alkyl halides is 3. The number of methoxy groups -OCH3 is 1. The van der Waals surface area contributed by atoms with E-state index in [2.05, 4.69) is 5.32 Å². The number of hydrogen-bond donors (Lipinski definition) is 1. The van der Waals surface area contributed by atoms with E-state index in [1.807, 2.05) is 4.90 Å². The third-order valence-electron chi connectivity index (χ3n) is 4.45. The molecule has 1 aliphatic heterocycles. The highest BCUT2D eigenvalue weighted by atomic mass is 19.4. The Morgan fingerprint density at radius 3 is 2.48 bits per heavy atom. The monoisotopic (exact) mass is 358 g/mol. The second-order valence-corrected chi connectivity index (χ2v) is 6.08. The van der Waals surface area contributed by atoms with Gasteiger partial charge in [0.25, 0.3) is 0 Å².